The normalized spacial score (nSPS) is 35.6. The summed E-state index contributed by atoms with van der Waals surface area (Å²) in [4.78, 5) is 27.5. The molecule has 3 aliphatic heterocycles. The summed E-state index contributed by atoms with van der Waals surface area (Å²) in [5, 5.41) is 3.46. The van der Waals surface area contributed by atoms with Crippen molar-refractivity contribution in [2.75, 3.05) is 32.7 Å². The number of nitrogens with two attached hydrogens (primary N) is 1. The summed E-state index contributed by atoms with van der Waals surface area (Å²) in [6.45, 7) is 6.33. The van der Waals surface area contributed by atoms with E-state index in [0.717, 1.165) is 58.4 Å². The first-order valence-electron chi connectivity index (χ1n) is 8.54. The van der Waals surface area contributed by atoms with Gasteiger partial charge in [-0.1, -0.05) is 0 Å². The maximum atomic E-state index is 11.8. The Bertz CT molecular complexity index is 447. The van der Waals surface area contributed by atoms with Gasteiger partial charge in [-0.05, 0) is 44.6 Å². The van der Waals surface area contributed by atoms with Crippen molar-refractivity contribution in [3.63, 3.8) is 0 Å². The Morgan fingerprint density at radius 3 is 2.64 bits per heavy atom. The Kier molecular flexibility index (Phi) is 4.41. The molecule has 0 aliphatic carbocycles. The van der Waals surface area contributed by atoms with Crippen LogP contribution in [-0.2, 0) is 9.59 Å². The molecule has 124 valence electrons. The summed E-state index contributed by atoms with van der Waals surface area (Å²) in [7, 11) is 0. The second kappa shape index (κ2) is 6.16. The van der Waals surface area contributed by atoms with Crippen LogP contribution in [0, 0.1) is 5.92 Å². The topological polar surface area (TPSA) is 78.7 Å². The number of nitrogens with one attached hydrogen (secondary N) is 1. The minimum Gasteiger partial charge on any atom is -0.368 e. The molecule has 3 N–H and O–H groups in total. The predicted octanol–water partition coefficient (Wildman–Crippen LogP) is -0.0733. The van der Waals surface area contributed by atoms with Crippen molar-refractivity contribution in [2.45, 2.75) is 50.6 Å². The summed E-state index contributed by atoms with van der Waals surface area (Å²) in [5.74, 6) is 0.597. The van der Waals surface area contributed by atoms with E-state index in [9.17, 15) is 9.59 Å². The summed E-state index contributed by atoms with van der Waals surface area (Å²) in [6, 6.07) is 0.473. The van der Waals surface area contributed by atoms with Crippen LogP contribution >= 0.6 is 0 Å². The van der Waals surface area contributed by atoms with Gasteiger partial charge in [0.2, 0.25) is 11.8 Å². The molecular weight excluding hydrogens is 280 g/mol. The van der Waals surface area contributed by atoms with Gasteiger partial charge >= 0.3 is 0 Å². The third-order valence-electron chi connectivity index (χ3n) is 5.80. The molecule has 0 spiro atoms. The largest absolute Gasteiger partial charge is 0.368 e. The van der Waals surface area contributed by atoms with E-state index in [1.54, 1.807) is 6.92 Å². The molecule has 6 heteroatoms. The fourth-order valence-electron chi connectivity index (χ4n) is 4.44. The standard InChI is InChI=1S/C16H28N4O2/c1-12(21)20-8-6-19(7-9-20)5-3-13-10-14-2-4-16(11-13,18-14)15(17)22/h13-14,18H,2-11H2,1H3,(H2,17,22)/t13?,14-,16+/m1/s1. The maximum Gasteiger partial charge on any atom is 0.237 e. The van der Waals surface area contributed by atoms with Gasteiger partial charge in [0.25, 0.3) is 0 Å². The Morgan fingerprint density at radius 1 is 1.27 bits per heavy atom. The molecule has 22 heavy (non-hydrogen) atoms. The highest BCUT2D eigenvalue weighted by atomic mass is 16.2. The van der Waals surface area contributed by atoms with Gasteiger partial charge in [-0.2, -0.15) is 0 Å². The highest BCUT2D eigenvalue weighted by molar-refractivity contribution is 5.85. The number of carbonyl (C=O) groups excluding carboxylic acids is 2. The monoisotopic (exact) mass is 308 g/mol. The molecule has 0 aromatic heterocycles. The Labute approximate surface area is 132 Å². The van der Waals surface area contributed by atoms with Crippen LogP contribution in [0.5, 0.6) is 0 Å². The maximum absolute atomic E-state index is 11.8. The molecule has 2 amide bonds. The van der Waals surface area contributed by atoms with Gasteiger partial charge in [-0.25, -0.2) is 0 Å². The Morgan fingerprint density at radius 2 is 2.00 bits per heavy atom. The molecule has 3 saturated heterocycles. The number of carbonyl (C=O) groups is 2. The van der Waals surface area contributed by atoms with E-state index in [1.165, 1.54) is 6.42 Å². The Hall–Kier alpha value is -1.14. The number of piperazine rings is 1. The first-order valence-corrected chi connectivity index (χ1v) is 8.54. The first-order chi connectivity index (χ1) is 10.5. The van der Waals surface area contributed by atoms with Crippen LogP contribution in [0.3, 0.4) is 0 Å². The van der Waals surface area contributed by atoms with Crippen molar-refractivity contribution >= 4 is 11.8 Å². The average molecular weight is 308 g/mol. The molecule has 0 radical (unpaired) electrons. The molecule has 3 atom stereocenters. The van der Waals surface area contributed by atoms with Crippen LogP contribution in [0.25, 0.3) is 0 Å². The molecule has 1 unspecified atom stereocenters. The molecule has 3 heterocycles. The van der Waals surface area contributed by atoms with E-state index in [2.05, 4.69) is 10.2 Å². The molecule has 0 aromatic carbocycles. The number of hydrogen-bond donors (Lipinski definition) is 2. The minimum atomic E-state index is -0.430. The molecule has 3 rings (SSSR count). The van der Waals surface area contributed by atoms with Gasteiger partial charge in [0.15, 0.2) is 0 Å². The van der Waals surface area contributed by atoms with Crippen molar-refractivity contribution in [3.05, 3.63) is 0 Å². The zero-order valence-electron chi connectivity index (χ0n) is 13.5. The first kappa shape index (κ1) is 15.7. The van der Waals surface area contributed by atoms with Crippen molar-refractivity contribution in [3.8, 4) is 0 Å². The number of nitrogens with zero attached hydrogens (tertiary/aromatic N) is 2. The number of fused-ring (bicyclic) bond motifs is 2. The molecule has 6 nitrogen and oxygen atoms in total. The van der Waals surface area contributed by atoms with Crippen LogP contribution in [-0.4, -0.2) is 65.9 Å². The summed E-state index contributed by atoms with van der Waals surface area (Å²) >= 11 is 0. The van der Waals surface area contributed by atoms with E-state index < -0.39 is 5.54 Å². The van der Waals surface area contributed by atoms with Crippen LogP contribution in [0.1, 0.15) is 39.0 Å². The van der Waals surface area contributed by atoms with E-state index in [4.69, 9.17) is 5.73 Å². The fourth-order valence-corrected chi connectivity index (χ4v) is 4.44. The Balaban J connectivity index is 1.47. The molecule has 0 aromatic rings. The van der Waals surface area contributed by atoms with Gasteiger partial charge in [-0.3, -0.25) is 14.5 Å². The highest BCUT2D eigenvalue weighted by Crippen LogP contribution is 2.40. The van der Waals surface area contributed by atoms with E-state index >= 15 is 0 Å². The van der Waals surface area contributed by atoms with Crippen LogP contribution < -0.4 is 11.1 Å². The quantitative estimate of drug-likeness (QED) is 0.762. The van der Waals surface area contributed by atoms with Crippen molar-refractivity contribution in [1.29, 1.82) is 0 Å². The second-order valence-corrected chi connectivity index (χ2v) is 7.27. The minimum absolute atomic E-state index is 0.172. The van der Waals surface area contributed by atoms with Crippen molar-refractivity contribution in [2.24, 2.45) is 11.7 Å². The smallest absolute Gasteiger partial charge is 0.237 e. The molecular formula is C16H28N4O2. The lowest BCUT2D eigenvalue weighted by Gasteiger charge is -2.39. The fraction of sp³-hybridized carbons (Fsp3) is 0.875. The van der Waals surface area contributed by atoms with Crippen molar-refractivity contribution in [1.82, 2.24) is 15.1 Å². The number of amides is 2. The zero-order chi connectivity index (χ0) is 15.7. The van der Waals surface area contributed by atoms with Gasteiger partial charge in [0.05, 0.1) is 5.54 Å². The number of rotatable bonds is 4. The average Bonchev–Trinajstić information content (AvgIpc) is 2.82. The highest BCUT2D eigenvalue weighted by Gasteiger charge is 2.48. The third kappa shape index (κ3) is 3.13. The van der Waals surface area contributed by atoms with Gasteiger partial charge in [0.1, 0.15) is 0 Å². The van der Waals surface area contributed by atoms with E-state index in [0.29, 0.717) is 12.0 Å². The summed E-state index contributed by atoms with van der Waals surface area (Å²) < 4.78 is 0. The SMILES string of the molecule is CC(=O)N1CCN(CCC2C[C@H]3CC[C@@](C(N)=O)(C2)N3)CC1. The van der Waals surface area contributed by atoms with Gasteiger partial charge < -0.3 is 16.0 Å². The van der Waals surface area contributed by atoms with Gasteiger partial charge in [-0.15, -0.1) is 0 Å². The van der Waals surface area contributed by atoms with Crippen LogP contribution in [0.4, 0.5) is 0 Å². The summed E-state index contributed by atoms with van der Waals surface area (Å²) in [5.41, 5.74) is 5.21. The lowest BCUT2D eigenvalue weighted by molar-refractivity contribution is -0.130. The summed E-state index contributed by atoms with van der Waals surface area (Å²) in [6.07, 6.45) is 5.18. The lowest BCUT2D eigenvalue weighted by atomic mass is 9.81. The lowest BCUT2D eigenvalue weighted by Crippen LogP contribution is -2.57. The number of piperidine rings is 1. The van der Waals surface area contributed by atoms with E-state index in [-0.39, 0.29) is 11.8 Å². The second-order valence-electron chi connectivity index (χ2n) is 7.27. The van der Waals surface area contributed by atoms with Gasteiger partial charge in [0, 0.05) is 39.1 Å². The van der Waals surface area contributed by atoms with E-state index in [1.807, 2.05) is 4.90 Å². The third-order valence-corrected chi connectivity index (χ3v) is 5.80. The molecule has 3 fully saturated rings. The number of hydrogen-bond acceptors (Lipinski definition) is 4. The predicted molar refractivity (Wildman–Crippen MR) is 84.1 cm³/mol. The van der Waals surface area contributed by atoms with Crippen molar-refractivity contribution < 1.29 is 9.59 Å². The van der Waals surface area contributed by atoms with Crippen LogP contribution in [0.2, 0.25) is 0 Å². The van der Waals surface area contributed by atoms with Crippen LogP contribution in [0.15, 0.2) is 0 Å². The zero-order valence-corrected chi connectivity index (χ0v) is 13.5. The molecule has 0 saturated carbocycles. The molecule has 3 aliphatic rings. The number of primary amides is 1. The molecule has 2 bridgehead atoms.